The molecule has 1 atom stereocenters. The van der Waals surface area contributed by atoms with Crippen LogP contribution in [0.2, 0.25) is 0 Å². The molecule has 0 saturated carbocycles. The minimum Gasteiger partial charge on any atom is -0.313 e. The molecular weight excluding hydrogens is 269 g/mol. The zero-order chi connectivity index (χ0) is 12.0. The van der Waals surface area contributed by atoms with E-state index in [0.29, 0.717) is 0 Å². The third-order valence-electron chi connectivity index (χ3n) is 2.42. The summed E-state index contributed by atoms with van der Waals surface area (Å²) in [6.07, 6.45) is 1.76. The molecule has 0 radical (unpaired) electrons. The molecule has 0 heterocycles. The molecule has 0 aliphatic heterocycles. The second-order valence-corrected chi connectivity index (χ2v) is 4.33. The summed E-state index contributed by atoms with van der Waals surface area (Å²) < 4.78 is 13.8. The summed E-state index contributed by atoms with van der Waals surface area (Å²) in [4.78, 5) is 0. The maximum atomic E-state index is 12.9. The van der Waals surface area contributed by atoms with Crippen molar-refractivity contribution in [3.8, 4) is 11.8 Å². The van der Waals surface area contributed by atoms with E-state index < -0.39 is 0 Å². The highest BCUT2D eigenvalue weighted by Crippen LogP contribution is 2.26. The van der Waals surface area contributed by atoms with Crippen LogP contribution in [0.15, 0.2) is 22.7 Å². The van der Waals surface area contributed by atoms with Crippen LogP contribution in [0.5, 0.6) is 0 Å². The maximum Gasteiger partial charge on any atom is 0.124 e. The first-order valence-corrected chi connectivity index (χ1v) is 6.00. The van der Waals surface area contributed by atoms with E-state index in [2.05, 4.69) is 33.1 Å². The van der Waals surface area contributed by atoms with Crippen LogP contribution >= 0.6 is 15.9 Å². The molecule has 16 heavy (non-hydrogen) atoms. The lowest BCUT2D eigenvalue weighted by atomic mass is 10.0. The average molecular weight is 284 g/mol. The molecule has 0 amide bonds. The third kappa shape index (κ3) is 3.62. The highest BCUT2D eigenvalue weighted by Gasteiger charge is 2.12. The van der Waals surface area contributed by atoms with Gasteiger partial charge in [0.05, 0.1) is 0 Å². The van der Waals surface area contributed by atoms with Crippen molar-refractivity contribution in [1.82, 2.24) is 5.32 Å². The van der Waals surface area contributed by atoms with Gasteiger partial charge in [-0.25, -0.2) is 4.39 Å². The number of rotatable bonds is 4. The Balaban J connectivity index is 2.80. The Hall–Kier alpha value is -0.850. The minimum absolute atomic E-state index is 0.204. The lowest BCUT2D eigenvalue weighted by Crippen LogP contribution is -2.16. The number of hydrogen-bond acceptors (Lipinski definition) is 1. The number of benzene rings is 1. The van der Waals surface area contributed by atoms with Gasteiger partial charge in [0.1, 0.15) is 5.82 Å². The molecule has 0 aliphatic carbocycles. The van der Waals surface area contributed by atoms with Crippen LogP contribution in [0.25, 0.3) is 0 Å². The zero-order valence-electron chi connectivity index (χ0n) is 9.48. The summed E-state index contributed by atoms with van der Waals surface area (Å²) in [5, 5.41) is 3.22. The lowest BCUT2D eigenvalue weighted by molar-refractivity contribution is 0.553. The van der Waals surface area contributed by atoms with Crippen molar-refractivity contribution in [2.24, 2.45) is 0 Å². The quantitative estimate of drug-likeness (QED) is 0.832. The minimum atomic E-state index is -0.223. The maximum absolute atomic E-state index is 12.9. The lowest BCUT2D eigenvalue weighted by Gasteiger charge is -2.17. The van der Waals surface area contributed by atoms with E-state index in [-0.39, 0.29) is 11.9 Å². The van der Waals surface area contributed by atoms with E-state index >= 15 is 0 Å². The van der Waals surface area contributed by atoms with Gasteiger partial charge in [0.25, 0.3) is 0 Å². The van der Waals surface area contributed by atoms with Gasteiger partial charge in [-0.2, -0.15) is 0 Å². The van der Waals surface area contributed by atoms with E-state index in [1.807, 2.05) is 14.0 Å². The van der Waals surface area contributed by atoms with Gasteiger partial charge in [-0.15, -0.1) is 11.8 Å². The van der Waals surface area contributed by atoms with Crippen LogP contribution in [0.3, 0.4) is 0 Å². The molecule has 0 fully saturated rings. The molecule has 1 aromatic carbocycles. The Morgan fingerprint density at radius 1 is 1.50 bits per heavy atom. The Morgan fingerprint density at radius 2 is 2.25 bits per heavy atom. The van der Waals surface area contributed by atoms with Crippen LogP contribution < -0.4 is 5.32 Å². The van der Waals surface area contributed by atoms with Crippen LogP contribution in [0.4, 0.5) is 4.39 Å². The van der Waals surface area contributed by atoms with Crippen molar-refractivity contribution in [1.29, 1.82) is 0 Å². The fraction of sp³-hybridized carbons (Fsp3) is 0.385. The summed E-state index contributed by atoms with van der Waals surface area (Å²) in [5.74, 6) is 5.68. The average Bonchev–Trinajstić information content (AvgIpc) is 2.26. The second-order valence-electron chi connectivity index (χ2n) is 3.47. The second kappa shape index (κ2) is 6.67. The van der Waals surface area contributed by atoms with E-state index in [1.165, 1.54) is 12.1 Å². The van der Waals surface area contributed by atoms with Gasteiger partial charge in [-0.3, -0.25) is 0 Å². The molecule has 0 aromatic heterocycles. The summed E-state index contributed by atoms with van der Waals surface area (Å²) in [5.41, 5.74) is 1.07. The first kappa shape index (κ1) is 13.2. The van der Waals surface area contributed by atoms with E-state index in [9.17, 15) is 4.39 Å². The summed E-state index contributed by atoms with van der Waals surface area (Å²) in [6.45, 7) is 1.84. The van der Waals surface area contributed by atoms with Gasteiger partial charge >= 0.3 is 0 Å². The number of hydrogen-bond donors (Lipinski definition) is 1. The molecule has 1 N–H and O–H groups in total. The molecular formula is C13H15BrFN. The van der Waals surface area contributed by atoms with E-state index in [4.69, 9.17) is 0 Å². The highest BCUT2D eigenvalue weighted by molar-refractivity contribution is 9.10. The standard InChI is InChI=1S/C13H15BrFN/c1-3-4-5-6-13(16-2)11-8-7-10(15)9-12(11)14/h7-9,13,16H,5-6H2,1-2H3. The Kier molecular flexibility index (Phi) is 5.51. The molecule has 0 saturated heterocycles. The van der Waals surface area contributed by atoms with Crippen LogP contribution in [0.1, 0.15) is 31.4 Å². The Labute approximate surface area is 105 Å². The molecule has 1 unspecified atom stereocenters. The molecule has 1 nitrogen and oxygen atoms in total. The zero-order valence-corrected chi connectivity index (χ0v) is 11.1. The highest BCUT2D eigenvalue weighted by atomic mass is 79.9. The number of halogens is 2. The normalized spacial score (nSPS) is 11.8. The van der Waals surface area contributed by atoms with Gasteiger partial charge in [0.15, 0.2) is 0 Å². The van der Waals surface area contributed by atoms with Crippen LogP contribution in [-0.2, 0) is 0 Å². The molecule has 0 bridgehead atoms. The summed E-state index contributed by atoms with van der Waals surface area (Å²) in [7, 11) is 1.90. The monoisotopic (exact) mass is 283 g/mol. The largest absolute Gasteiger partial charge is 0.313 e. The summed E-state index contributed by atoms with van der Waals surface area (Å²) >= 11 is 3.38. The van der Waals surface area contributed by atoms with Gasteiger partial charge in [0.2, 0.25) is 0 Å². The topological polar surface area (TPSA) is 12.0 Å². The third-order valence-corrected chi connectivity index (χ3v) is 3.11. The smallest absolute Gasteiger partial charge is 0.124 e. The van der Waals surface area contributed by atoms with Crippen LogP contribution in [-0.4, -0.2) is 7.05 Å². The Bertz CT molecular complexity index is 406. The Morgan fingerprint density at radius 3 is 2.81 bits per heavy atom. The predicted molar refractivity (Wildman–Crippen MR) is 68.6 cm³/mol. The summed E-state index contributed by atoms with van der Waals surface area (Å²) in [6, 6.07) is 4.98. The van der Waals surface area contributed by atoms with E-state index in [0.717, 1.165) is 22.9 Å². The molecule has 86 valence electrons. The van der Waals surface area contributed by atoms with Crippen molar-refractivity contribution in [2.45, 2.75) is 25.8 Å². The first-order chi connectivity index (χ1) is 7.69. The van der Waals surface area contributed by atoms with Crippen molar-refractivity contribution in [3.63, 3.8) is 0 Å². The number of nitrogens with one attached hydrogen (secondary N) is 1. The van der Waals surface area contributed by atoms with Gasteiger partial charge < -0.3 is 5.32 Å². The first-order valence-electron chi connectivity index (χ1n) is 5.21. The van der Waals surface area contributed by atoms with Gasteiger partial charge in [0, 0.05) is 16.9 Å². The fourth-order valence-electron chi connectivity index (χ4n) is 1.58. The van der Waals surface area contributed by atoms with Gasteiger partial charge in [-0.1, -0.05) is 22.0 Å². The molecule has 0 aliphatic rings. The van der Waals surface area contributed by atoms with Crippen molar-refractivity contribution in [3.05, 3.63) is 34.1 Å². The molecule has 1 aromatic rings. The van der Waals surface area contributed by atoms with Crippen molar-refractivity contribution >= 4 is 15.9 Å². The van der Waals surface area contributed by atoms with Crippen molar-refractivity contribution < 1.29 is 4.39 Å². The molecule has 0 spiro atoms. The van der Waals surface area contributed by atoms with Crippen LogP contribution in [0, 0.1) is 17.7 Å². The van der Waals surface area contributed by atoms with Crippen molar-refractivity contribution in [2.75, 3.05) is 7.05 Å². The molecule has 3 heteroatoms. The van der Waals surface area contributed by atoms with E-state index in [1.54, 1.807) is 6.07 Å². The molecule has 1 rings (SSSR count). The van der Waals surface area contributed by atoms with Gasteiger partial charge in [-0.05, 0) is 38.1 Å². The SMILES string of the molecule is CC#CCCC(NC)c1ccc(F)cc1Br. The fourth-order valence-corrected chi connectivity index (χ4v) is 2.21. The predicted octanol–water partition coefficient (Wildman–Crippen LogP) is 3.65.